The predicted octanol–water partition coefficient (Wildman–Crippen LogP) is 21.4. The second-order valence-corrected chi connectivity index (χ2v) is 20.5. The minimum absolute atomic E-state index is 0.0910. The number of rotatable bonds is 56. The van der Waals surface area contributed by atoms with Crippen LogP contribution in [-0.2, 0) is 28.6 Å². The van der Waals surface area contributed by atoms with Crippen LogP contribution in [0.3, 0.4) is 0 Å². The molecule has 0 aromatic carbocycles. The topological polar surface area (TPSA) is 78.9 Å². The van der Waals surface area contributed by atoms with E-state index in [4.69, 9.17) is 14.2 Å². The van der Waals surface area contributed by atoms with E-state index in [0.717, 1.165) is 128 Å². The van der Waals surface area contributed by atoms with Crippen molar-refractivity contribution in [3.8, 4) is 0 Å². The molecule has 0 saturated carbocycles. The molecule has 1 unspecified atom stereocenters. The number of hydrogen-bond donors (Lipinski definition) is 0. The van der Waals surface area contributed by atoms with Gasteiger partial charge in [0, 0.05) is 19.3 Å². The number of carbonyl (C=O) groups is 3. The highest BCUT2D eigenvalue weighted by atomic mass is 16.6. The molecule has 0 spiro atoms. The standard InChI is InChI=1S/C69H116O6/c1-4-7-10-13-16-19-22-25-27-28-29-30-31-32-33-34-35-36-37-38-39-40-42-44-47-50-53-56-59-62-68(71)74-65-66(64-73-67(70)61-58-55-52-49-46-43-24-21-18-15-12-9-6-3)75-69(72)63-60-57-54-51-48-45-41-26-23-20-17-14-11-8-5-2/h7,9-10,12,16,18-19,21,25-27,29-30,32-33,41,43,46,66H,4-6,8,11,13-15,17,20,22-24,28,31,34-40,42,44-45,47-65H2,1-3H3/b10-7-,12-9-,19-16-,21-18-,27-25-,30-29-,33-32-,41-26-,46-43-. The van der Waals surface area contributed by atoms with Gasteiger partial charge >= 0.3 is 17.9 Å². The molecule has 0 rings (SSSR count). The quantitative estimate of drug-likeness (QED) is 0.0261. The van der Waals surface area contributed by atoms with Crippen LogP contribution in [0.1, 0.15) is 290 Å². The van der Waals surface area contributed by atoms with E-state index in [1.54, 1.807) is 0 Å². The third-order valence-electron chi connectivity index (χ3n) is 13.2. The van der Waals surface area contributed by atoms with E-state index in [1.807, 2.05) is 0 Å². The second kappa shape index (κ2) is 62.6. The van der Waals surface area contributed by atoms with Gasteiger partial charge in [0.1, 0.15) is 13.2 Å². The molecule has 1 atom stereocenters. The summed E-state index contributed by atoms with van der Waals surface area (Å²) < 4.78 is 16.9. The second-order valence-electron chi connectivity index (χ2n) is 20.5. The Morgan fingerprint density at radius 2 is 0.520 bits per heavy atom. The lowest BCUT2D eigenvalue weighted by Crippen LogP contribution is -2.30. The van der Waals surface area contributed by atoms with E-state index in [2.05, 4.69) is 130 Å². The van der Waals surface area contributed by atoms with Crippen molar-refractivity contribution < 1.29 is 28.6 Å². The Kier molecular flexibility index (Phi) is 59.3. The van der Waals surface area contributed by atoms with Crippen LogP contribution >= 0.6 is 0 Å². The number of carbonyl (C=O) groups excluding carboxylic acids is 3. The predicted molar refractivity (Wildman–Crippen MR) is 325 cm³/mol. The summed E-state index contributed by atoms with van der Waals surface area (Å²) >= 11 is 0. The molecule has 0 saturated heterocycles. The van der Waals surface area contributed by atoms with Crippen LogP contribution in [0.2, 0.25) is 0 Å². The SMILES string of the molecule is CC/C=C\C/C=C\C/C=C\C/C=C\C/C=C\CCCCCCCCCCCCCCCC(=O)OCC(COC(=O)CCCCC/C=C\C/C=C\C/C=C\CC)OC(=O)CCCCCCC/C=C\CCCCCCCC. The van der Waals surface area contributed by atoms with Crippen molar-refractivity contribution in [3.63, 3.8) is 0 Å². The Hall–Kier alpha value is -3.93. The van der Waals surface area contributed by atoms with Crippen molar-refractivity contribution in [3.05, 3.63) is 109 Å². The summed E-state index contributed by atoms with van der Waals surface area (Å²) in [4.78, 5) is 38.2. The van der Waals surface area contributed by atoms with Crippen LogP contribution in [0.25, 0.3) is 0 Å². The number of esters is 3. The average Bonchev–Trinajstić information content (AvgIpc) is 3.41. The maximum Gasteiger partial charge on any atom is 0.306 e. The molecule has 0 heterocycles. The van der Waals surface area contributed by atoms with Gasteiger partial charge in [-0.3, -0.25) is 14.4 Å². The Bertz CT molecular complexity index is 1520. The largest absolute Gasteiger partial charge is 0.462 e. The molecule has 0 aliphatic heterocycles. The molecule has 6 heteroatoms. The Balaban J connectivity index is 4.26. The van der Waals surface area contributed by atoms with Crippen molar-refractivity contribution in [2.75, 3.05) is 13.2 Å². The summed E-state index contributed by atoms with van der Waals surface area (Å²) in [5.74, 6) is -0.926. The molecule has 0 bridgehead atoms. The van der Waals surface area contributed by atoms with E-state index in [9.17, 15) is 14.4 Å². The van der Waals surface area contributed by atoms with Gasteiger partial charge in [-0.25, -0.2) is 0 Å². The van der Waals surface area contributed by atoms with Gasteiger partial charge in [-0.05, 0) is 122 Å². The highest BCUT2D eigenvalue weighted by Crippen LogP contribution is 2.16. The number of allylic oxidation sites excluding steroid dienone is 18. The van der Waals surface area contributed by atoms with E-state index in [-0.39, 0.29) is 31.1 Å². The lowest BCUT2D eigenvalue weighted by molar-refractivity contribution is -0.167. The zero-order valence-electron chi connectivity index (χ0n) is 49.0. The van der Waals surface area contributed by atoms with Gasteiger partial charge in [-0.1, -0.05) is 259 Å². The first kappa shape index (κ1) is 71.1. The lowest BCUT2D eigenvalue weighted by Gasteiger charge is -2.18. The van der Waals surface area contributed by atoms with E-state index < -0.39 is 6.10 Å². The van der Waals surface area contributed by atoms with Crippen molar-refractivity contribution in [2.45, 2.75) is 297 Å². The molecule has 0 aromatic heterocycles. The van der Waals surface area contributed by atoms with Crippen LogP contribution < -0.4 is 0 Å². The molecule has 0 aliphatic rings. The molecule has 0 aliphatic carbocycles. The third kappa shape index (κ3) is 60.8. The van der Waals surface area contributed by atoms with Gasteiger partial charge in [0.25, 0.3) is 0 Å². The van der Waals surface area contributed by atoms with E-state index in [0.29, 0.717) is 19.3 Å². The maximum absolute atomic E-state index is 12.9. The first-order chi connectivity index (χ1) is 37.0. The van der Waals surface area contributed by atoms with E-state index >= 15 is 0 Å². The van der Waals surface area contributed by atoms with Crippen LogP contribution in [0.5, 0.6) is 0 Å². The Morgan fingerprint density at radius 3 is 0.840 bits per heavy atom. The van der Waals surface area contributed by atoms with Gasteiger partial charge in [-0.2, -0.15) is 0 Å². The molecular formula is C69H116O6. The highest BCUT2D eigenvalue weighted by molar-refractivity contribution is 5.71. The monoisotopic (exact) mass is 1040 g/mol. The summed E-state index contributed by atoms with van der Waals surface area (Å²) in [5.41, 5.74) is 0. The molecule has 428 valence electrons. The van der Waals surface area contributed by atoms with Gasteiger partial charge in [0.05, 0.1) is 0 Å². The molecule has 0 N–H and O–H groups in total. The van der Waals surface area contributed by atoms with Gasteiger partial charge in [0.2, 0.25) is 0 Å². The fourth-order valence-corrected chi connectivity index (χ4v) is 8.60. The van der Waals surface area contributed by atoms with Crippen molar-refractivity contribution in [1.29, 1.82) is 0 Å². The van der Waals surface area contributed by atoms with Crippen LogP contribution in [-0.4, -0.2) is 37.2 Å². The Morgan fingerprint density at radius 1 is 0.280 bits per heavy atom. The summed E-state index contributed by atoms with van der Waals surface area (Å²) in [6.07, 6.45) is 85.3. The number of unbranched alkanes of at least 4 members (excludes halogenated alkanes) is 27. The third-order valence-corrected chi connectivity index (χ3v) is 13.2. The first-order valence-electron chi connectivity index (χ1n) is 31.4. The smallest absolute Gasteiger partial charge is 0.306 e. The van der Waals surface area contributed by atoms with Gasteiger partial charge in [0.15, 0.2) is 6.10 Å². The first-order valence-corrected chi connectivity index (χ1v) is 31.4. The van der Waals surface area contributed by atoms with Crippen LogP contribution in [0, 0.1) is 0 Å². The molecule has 0 aromatic rings. The molecule has 75 heavy (non-hydrogen) atoms. The number of hydrogen-bond acceptors (Lipinski definition) is 6. The average molecular weight is 1040 g/mol. The van der Waals surface area contributed by atoms with Crippen LogP contribution in [0.15, 0.2) is 109 Å². The molecule has 6 nitrogen and oxygen atoms in total. The fourth-order valence-electron chi connectivity index (χ4n) is 8.60. The summed E-state index contributed by atoms with van der Waals surface area (Å²) in [7, 11) is 0. The minimum Gasteiger partial charge on any atom is -0.462 e. The normalized spacial score (nSPS) is 12.8. The fraction of sp³-hybridized carbons (Fsp3) is 0.696. The highest BCUT2D eigenvalue weighted by Gasteiger charge is 2.19. The van der Waals surface area contributed by atoms with Gasteiger partial charge < -0.3 is 14.2 Å². The molecule has 0 amide bonds. The van der Waals surface area contributed by atoms with Crippen molar-refractivity contribution in [1.82, 2.24) is 0 Å². The molecule has 0 fully saturated rings. The zero-order chi connectivity index (χ0) is 54.3. The van der Waals surface area contributed by atoms with Crippen molar-refractivity contribution >= 4 is 17.9 Å². The summed E-state index contributed by atoms with van der Waals surface area (Å²) in [6, 6.07) is 0. The van der Waals surface area contributed by atoms with Gasteiger partial charge in [-0.15, -0.1) is 0 Å². The molecular weight excluding hydrogens is 925 g/mol. The van der Waals surface area contributed by atoms with Crippen LogP contribution in [0.4, 0.5) is 0 Å². The summed E-state index contributed by atoms with van der Waals surface area (Å²) in [6.45, 7) is 6.39. The van der Waals surface area contributed by atoms with Crippen molar-refractivity contribution in [2.24, 2.45) is 0 Å². The minimum atomic E-state index is -0.796. The summed E-state index contributed by atoms with van der Waals surface area (Å²) in [5, 5.41) is 0. The maximum atomic E-state index is 12.9. The van der Waals surface area contributed by atoms with E-state index in [1.165, 1.54) is 122 Å². The zero-order valence-corrected chi connectivity index (χ0v) is 49.0. The Labute approximate surface area is 463 Å². The molecule has 0 radical (unpaired) electrons. The lowest BCUT2D eigenvalue weighted by atomic mass is 10.0. The number of ether oxygens (including phenoxy) is 3.